The maximum atomic E-state index is 13.0. The Bertz CT molecular complexity index is 1200. The summed E-state index contributed by atoms with van der Waals surface area (Å²) in [4.78, 5) is 25.7. The molecule has 4 rings (SSSR count). The SMILES string of the molecule is COC(=O)[C@H](NC(=O)OCc1ccccc1)[C@H](C)SC(c1ccccc1)(c1ccccc1)c1ccccc1. The van der Waals surface area contributed by atoms with Crippen molar-refractivity contribution in [3.05, 3.63) is 144 Å². The predicted octanol–water partition coefficient (Wildman–Crippen LogP) is 6.57. The molecule has 0 aliphatic carbocycles. The summed E-state index contributed by atoms with van der Waals surface area (Å²) in [6.45, 7) is 2.03. The number of amides is 1. The van der Waals surface area contributed by atoms with Crippen molar-refractivity contribution in [3.63, 3.8) is 0 Å². The van der Waals surface area contributed by atoms with E-state index in [2.05, 4.69) is 41.7 Å². The molecule has 2 atom stereocenters. The van der Waals surface area contributed by atoms with E-state index >= 15 is 0 Å². The second-order valence-electron chi connectivity index (χ2n) is 8.81. The molecule has 1 amide bonds. The molecule has 5 nitrogen and oxygen atoms in total. The summed E-state index contributed by atoms with van der Waals surface area (Å²) in [7, 11) is 1.32. The van der Waals surface area contributed by atoms with Gasteiger partial charge in [0.15, 0.2) is 0 Å². The van der Waals surface area contributed by atoms with E-state index in [0.717, 1.165) is 22.3 Å². The highest BCUT2D eigenvalue weighted by Crippen LogP contribution is 2.50. The third-order valence-corrected chi connectivity index (χ3v) is 8.02. The molecule has 38 heavy (non-hydrogen) atoms. The third kappa shape index (κ3) is 6.26. The largest absolute Gasteiger partial charge is 0.467 e. The molecule has 0 radical (unpaired) electrons. The molecule has 194 valence electrons. The van der Waals surface area contributed by atoms with Gasteiger partial charge in [-0.2, -0.15) is 0 Å². The first kappa shape index (κ1) is 27.0. The molecule has 0 bridgehead atoms. The summed E-state index contributed by atoms with van der Waals surface area (Å²) in [5, 5.41) is 2.36. The summed E-state index contributed by atoms with van der Waals surface area (Å²) in [5.74, 6) is -0.537. The number of hydrogen-bond acceptors (Lipinski definition) is 5. The van der Waals surface area contributed by atoms with E-state index in [-0.39, 0.29) is 6.61 Å². The lowest BCUT2D eigenvalue weighted by Crippen LogP contribution is -2.48. The van der Waals surface area contributed by atoms with Crippen molar-refractivity contribution in [2.45, 2.75) is 29.6 Å². The summed E-state index contributed by atoms with van der Waals surface area (Å²) >= 11 is 1.59. The van der Waals surface area contributed by atoms with Crippen molar-refractivity contribution in [3.8, 4) is 0 Å². The van der Waals surface area contributed by atoms with E-state index in [1.807, 2.05) is 91.9 Å². The van der Waals surface area contributed by atoms with Crippen LogP contribution in [0.25, 0.3) is 0 Å². The Morgan fingerprint density at radius 3 is 1.58 bits per heavy atom. The minimum Gasteiger partial charge on any atom is -0.467 e. The molecule has 1 N–H and O–H groups in total. The van der Waals surface area contributed by atoms with Crippen LogP contribution >= 0.6 is 11.8 Å². The zero-order valence-corrected chi connectivity index (χ0v) is 22.3. The first-order valence-electron chi connectivity index (χ1n) is 12.4. The van der Waals surface area contributed by atoms with Gasteiger partial charge in [-0.15, -0.1) is 11.8 Å². The van der Waals surface area contributed by atoms with Crippen molar-refractivity contribution in [1.82, 2.24) is 5.32 Å². The fourth-order valence-corrected chi connectivity index (χ4v) is 6.15. The van der Waals surface area contributed by atoms with Crippen LogP contribution in [-0.2, 0) is 25.6 Å². The summed E-state index contributed by atoms with van der Waals surface area (Å²) < 4.78 is 9.86. The fourth-order valence-electron chi connectivity index (χ4n) is 4.46. The Morgan fingerprint density at radius 2 is 1.16 bits per heavy atom. The Morgan fingerprint density at radius 1 is 0.737 bits per heavy atom. The van der Waals surface area contributed by atoms with E-state index in [9.17, 15) is 9.59 Å². The maximum Gasteiger partial charge on any atom is 0.408 e. The van der Waals surface area contributed by atoms with Crippen LogP contribution in [0.5, 0.6) is 0 Å². The molecule has 0 fully saturated rings. The highest BCUT2D eigenvalue weighted by Gasteiger charge is 2.42. The lowest BCUT2D eigenvalue weighted by molar-refractivity contribution is -0.142. The minimum atomic E-state index is -0.941. The van der Waals surface area contributed by atoms with E-state index in [1.54, 1.807) is 11.8 Å². The Balaban J connectivity index is 1.69. The van der Waals surface area contributed by atoms with Crippen LogP contribution in [0.2, 0.25) is 0 Å². The van der Waals surface area contributed by atoms with Crippen molar-refractivity contribution < 1.29 is 19.1 Å². The molecular weight excluding hydrogens is 494 g/mol. The quantitative estimate of drug-likeness (QED) is 0.187. The second kappa shape index (κ2) is 13.0. The monoisotopic (exact) mass is 525 g/mol. The number of nitrogens with one attached hydrogen (secondary N) is 1. The number of esters is 1. The minimum absolute atomic E-state index is 0.101. The number of benzene rings is 4. The summed E-state index contributed by atoms with van der Waals surface area (Å²) in [5.41, 5.74) is 4.04. The van der Waals surface area contributed by atoms with Gasteiger partial charge in [0, 0.05) is 5.25 Å². The number of carbonyl (C=O) groups excluding carboxylic acids is 2. The van der Waals surface area contributed by atoms with Gasteiger partial charge in [-0.25, -0.2) is 9.59 Å². The van der Waals surface area contributed by atoms with E-state index in [0.29, 0.717) is 0 Å². The smallest absolute Gasteiger partial charge is 0.408 e. The molecule has 4 aromatic carbocycles. The molecule has 4 aromatic rings. The average Bonchev–Trinajstić information content (AvgIpc) is 2.99. The highest BCUT2D eigenvalue weighted by atomic mass is 32.2. The van der Waals surface area contributed by atoms with Gasteiger partial charge in [-0.1, -0.05) is 128 Å². The first-order valence-corrected chi connectivity index (χ1v) is 13.3. The molecular formula is C32H31NO4S. The molecule has 0 saturated carbocycles. The van der Waals surface area contributed by atoms with Gasteiger partial charge in [0.05, 0.1) is 11.9 Å². The van der Waals surface area contributed by atoms with Gasteiger partial charge >= 0.3 is 12.1 Å². The van der Waals surface area contributed by atoms with Crippen molar-refractivity contribution in [2.75, 3.05) is 7.11 Å². The molecule has 6 heteroatoms. The van der Waals surface area contributed by atoms with E-state index in [4.69, 9.17) is 9.47 Å². The van der Waals surface area contributed by atoms with Gasteiger partial charge < -0.3 is 14.8 Å². The zero-order valence-electron chi connectivity index (χ0n) is 21.5. The van der Waals surface area contributed by atoms with E-state index < -0.39 is 28.1 Å². The molecule has 0 heterocycles. The fraction of sp³-hybridized carbons (Fsp3) is 0.188. The van der Waals surface area contributed by atoms with Crippen LogP contribution in [-0.4, -0.2) is 30.5 Å². The average molecular weight is 526 g/mol. The number of hydrogen-bond donors (Lipinski definition) is 1. The molecule has 0 aliphatic heterocycles. The van der Waals surface area contributed by atoms with Crippen LogP contribution in [0.15, 0.2) is 121 Å². The number of rotatable bonds is 10. The van der Waals surface area contributed by atoms with Crippen LogP contribution in [0.1, 0.15) is 29.2 Å². The Kier molecular flexibility index (Phi) is 9.22. The van der Waals surface area contributed by atoms with Crippen LogP contribution in [0.3, 0.4) is 0 Å². The maximum absolute atomic E-state index is 13.0. The zero-order chi connectivity index (χ0) is 26.8. The Labute approximate surface area is 228 Å². The standard InChI is InChI=1S/C32H31NO4S/c1-24(29(30(34)36-2)33-31(35)37-23-25-15-7-3-8-16-25)38-32(26-17-9-4-10-18-26,27-19-11-5-12-20-27)28-21-13-6-14-22-28/h3-22,24,29H,23H2,1-2H3,(H,33,35)/t24-,29+/m0/s1. The summed E-state index contributed by atoms with van der Waals surface area (Å²) in [6.07, 6.45) is -0.679. The molecule has 0 spiro atoms. The predicted molar refractivity (Wildman–Crippen MR) is 152 cm³/mol. The highest BCUT2D eigenvalue weighted by molar-refractivity contribution is 8.01. The number of ether oxygens (including phenoxy) is 2. The Hall–Kier alpha value is -4.03. The third-order valence-electron chi connectivity index (χ3n) is 6.31. The van der Waals surface area contributed by atoms with Gasteiger partial charge in [0.2, 0.25) is 0 Å². The van der Waals surface area contributed by atoms with Gasteiger partial charge in [0.25, 0.3) is 0 Å². The number of thioether (sulfide) groups is 1. The van der Waals surface area contributed by atoms with Crippen molar-refractivity contribution in [2.24, 2.45) is 0 Å². The molecule has 0 saturated heterocycles. The van der Waals surface area contributed by atoms with Crippen molar-refractivity contribution >= 4 is 23.8 Å². The topological polar surface area (TPSA) is 64.6 Å². The van der Waals surface area contributed by atoms with Gasteiger partial charge in [-0.05, 0) is 22.3 Å². The molecule has 0 unspecified atom stereocenters. The first-order chi connectivity index (χ1) is 18.5. The lowest BCUT2D eigenvalue weighted by atomic mass is 9.84. The van der Waals surface area contributed by atoms with Crippen LogP contribution in [0, 0.1) is 0 Å². The summed E-state index contributed by atoms with van der Waals surface area (Å²) in [6, 6.07) is 39.0. The number of alkyl carbamates (subject to hydrolysis) is 1. The number of carbonyl (C=O) groups is 2. The number of methoxy groups -OCH3 is 1. The lowest BCUT2D eigenvalue weighted by Gasteiger charge is -2.39. The second-order valence-corrected chi connectivity index (χ2v) is 10.4. The van der Waals surface area contributed by atoms with Crippen molar-refractivity contribution in [1.29, 1.82) is 0 Å². The van der Waals surface area contributed by atoms with Gasteiger partial charge in [-0.3, -0.25) is 0 Å². The molecule has 0 aromatic heterocycles. The van der Waals surface area contributed by atoms with Crippen LogP contribution in [0.4, 0.5) is 4.79 Å². The normalized spacial score (nSPS) is 12.7. The molecule has 0 aliphatic rings. The van der Waals surface area contributed by atoms with E-state index in [1.165, 1.54) is 7.11 Å². The van der Waals surface area contributed by atoms with Crippen LogP contribution < -0.4 is 5.32 Å². The van der Waals surface area contributed by atoms with Gasteiger partial charge in [0.1, 0.15) is 12.6 Å².